The number of nitrogens with zero attached hydrogens (tertiary/aromatic N) is 2. The summed E-state index contributed by atoms with van der Waals surface area (Å²) >= 11 is -1.92. The molecular weight excluding hydrogens is 128 g/mol. The highest BCUT2D eigenvalue weighted by atomic mass is 32.2. The van der Waals surface area contributed by atoms with Crippen LogP contribution in [0.1, 0.15) is 6.92 Å². The van der Waals surface area contributed by atoms with E-state index in [1.165, 1.54) is 6.92 Å². The van der Waals surface area contributed by atoms with Crippen LogP contribution >= 0.6 is 0 Å². The van der Waals surface area contributed by atoms with E-state index in [1.807, 2.05) is 0 Å². The molecule has 0 saturated heterocycles. The van der Waals surface area contributed by atoms with E-state index < -0.39 is 16.3 Å². The van der Waals surface area contributed by atoms with Crippen molar-refractivity contribution in [2.24, 2.45) is 0 Å². The first-order valence-electron chi connectivity index (χ1n) is 1.95. The van der Waals surface area contributed by atoms with Crippen LogP contribution in [0.25, 0.3) is 5.53 Å². The summed E-state index contributed by atoms with van der Waals surface area (Å²) < 4.78 is 18.2. The number of hydrogen-bond donors (Lipinski definition) is 1. The largest absolute Gasteiger partial charge is 0.362 e. The van der Waals surface area contributed by atoms with Gasteiger partial charge in [0.1, 0.15) is 0 Å². The Morgan fingerprint density at radius 1 is 2.00 bits per heavy atom. The Morgan fingerprint density at radius 2 is 2.50 bits per heavy atom. The van der Waals surface area contributed by atoms with Crippen molar-refractivity contribution in [3.05, 3.63) is 5.53 Å². The van der Waals surface area contributed by atoms with Gasteiger partial charge in [0.2, 0.25) is 0 Å². The highest BCUT2D eigenvalue weighted by molar-refractivity contribution is 7.80. The van der Waals surface area contributed by atoms with E-state index in [4.69, 9.17) is 10.1 Å². The van der Waals surface area contributed by atoms with Crippen LogP contribution in [0.2, 0.25) is 0 Å². The standard InChI is InChI=1S/C3H6N2O2S/c1-3(2-5-4)8(6)7/h2-3H,1H3,(H,6,7). The average molecular weight is 134 g/mol. The van der Waals surface area contributed by atoms with Crippen molar-refractivity contribution in [1.82, 2.24) is 0 Å². The molecule has 0 radical (unpaired) electrons. The van der Waals surface area contributed by atoms with Crippen LogP contribution < -0.4 is 0 Å². The highest BCUT2D eigenvalue weighted by Gasteiger charge is 2.07. The fourth-order valence-electron chi connectivity index (χ4n) is 0.146. The van der Waals surface area contributed by atoms with Crippen molar-refractivity contribution in [3.8, 4) is 0 Å². The third-order valence-corrected chi connectivity index (χ3v) is 1.35. The Hall–Kier alpha value is -0.510. The topological polar surface area (TPSA) is 73.7 Å². The van der Waals surface area contributed by atoms with E-state index in [0.717, 1.165) is 6.21 Å². The monoisotopic (exact) mass is 134 g/mol. The smallest absolute Gasteiger partial charge is 0.274 e. The van der Waals surface area contributed by atoms with Crippen LogP contribution in [-0.2, 0) is 11.1 Å². The lowest BCUT2D eigenvalue weighted by molar-refractivity contribution is 0.00151. The minimum atomic E-state index is -1.92. The zero-order chi connectivity index (χ0) is 6.57. The third kappa shape index (κ3) is 2.63. The fraction of sp³-hybridized carbons (Fsp3) is 0.667. The summed E-state index contributed by atoms with van der Waals surface area (Å²) in [7, 11) is 0. The molecule has 4 nitrogen and oxygen atoms in total. The van der Waals surface area contributed by atoms with Gasteiger partial charge in [-0.05, 0) is 6.92 Å². The normalized spacial score (nSPS) is 16.2. The van der Waals surface area contributed by atoms with Crippen LogP contribution in [0, 0.1) is 0 Å². The molecule has 0 rings (SSSR count). The first kappa shape index (κ1) is 7.49. The molecule has 46 valence electrons. The van der Waals surface area contributed by atoms with Gasteiger partial charge in [0.05, 0.1) is 0 Å². The van der Waals surface area contributed by atoms with E-state index in [-0.39, 0.29) is 0 Å². The lowest BCUT2D eigenvalue weighted by Crippen LogP contribution is -2.10. The van der Waals surface area contributed by atoms with Gasteiger partial charge in [-0.2, -0.15) is 4.79 Å². The maximum Gasteiger partial charge on any atom is 0.274 e. The summed E-state index contributed by atoms with van der Waals surface area (Å²) in [6.45, 7) is 1.47. The molecule has 0 aliphatic rings. The van der Waals surface area contributed by atoms with Crippen molar-refractivity contribution >= 4 is 17.3 Å². The molecule has 0 aromatic heterocycles. The molecule has 0 saturated carbocycles. The van der Waals surface area contributed by atoms with Gasteiger partial charge < -0.3 is 10.1 Å². The van der Waals surface area contributed by atoms with Crippen molar-refractivity contribution < 1.29 is 13.6 Å². The first-order chi connectivity index (χ1) is 3.68. The molecule has 0 amide bonds. The van der Waals surface area contributed by atoms with E-state index in [0.29, 0.717) is 0 Å². The van der Waals surface area contributed by atoms with E-state index in [1.54, 1.807) is 0 Å². The molecule has 2 unspecified atom stereocenters. The summed E-state index contributed by atoms with van der Waals surface area (Å²) in [5.74, 6) is 0. The molecule has 0 bridgehead atoms. The highest BCUT2D eigenvalue weighted by Crippen LogP contribution is 1.83. The minimum absolute atomic E-state index is 0.597. The molecular formula is C3H6N2O2S. The molecule has 8 heavy (non-hydrogen) atoms. The van der Waals surface area contributed by atoms with Crippen LogP contribution in [0.5, 0.6) is 0 Å². The molecule has 0 aromatic rings. The van der Waals surface area contributed by atoms with Crippen LogP contribution in [0.4, 0.5) is 0 Å². The summed E-state index contributed by atoms with van der Waals surface area (Å²) in [5, 5.41) is -0.597. The summed E-state index contributed by atoms with van der Waals surface area (Å²) in [6.07, 6.45) is 0.996. The van der Waals surface area contributed by atoms with Gasteiger partial charge in [-0.3, -0.25) is 0 Å². The molecule has 5 heteroatoms. The predicted molar refractivity (Wildman–Crippen MR) is 29.9 cm³/mol. The van der Waals surface area contributed by atoms with Crippen molar-refractivity contribution in [2.45, 2.75) is 12.2 Å². The first-order valence-corrected chi connectivity index (χ1v) is 3.12. The molecule has 0 aliphatic carbocycles. The number of hydrogen-bond acceptors (Lipinski definition) is 1. The minimum Gasteiger partial charge on any atom is -0.362 e. The van der Waals surface area contributed by atoms with E-state index >= 15 is 0 Å². The lowest BCUT2D eigenvalue weighted by Gasteiger charge is -1.87. The van der Waals surface area contributed by atoms with Crippen LogP contribution in [0.3, 0.4) is 0 Å². The maximum atomic E-state index is 10.00. The van der Waals surface area contributed by atoms with E-state index in [2.05, 4.69) is 4.79 Å². The quantitative estimate of drug-likeness (QED) is 0.248. The van der Waals surface area contributed by atoms with Gasteiger partial charge in [-0.15, -0.1) is 0 Å². The zero-order valence-corrected chi connectivity index (χ0v) is 5.13. The Labute approximate surface area is 49.4 Å². The SMILES string of the molecule is CC(C=[N+]=[N-])S(=O)O. The lowest BCUT2D eigenvalue weighted by atomic mass is 10.5. The van der Waals surface area contributed by atoms with Gasteiger partial charge in [-0.1, -0.05) is 0 Å². The predicted octanol–water partition coefficient (Wildman–Crippen LogP) is -0.103. The summed E-state index contributed by atoms with van der Waals surface area (Å²) in [4.78, 5) is 2.58. The molecule has 1 N–H and O–H groups in total. The number of rotatable bonds is 2. The zero-order valence-electron chi connectivity index (χ0n) is 4.31. The molecule has 0 spiro atoms. The van der Waals surface area contributed by atoms with Gasteiger partial charge in [-0.25, -0.2) is 4.21 Å². The van der Waals surface area contributed by atoms with Crippen LogP contribution in [-0.4, -0.2) is 25.0 Å². The maximum absolute atomic E-state index is 10.00. The second-order valence-electron chi connectivity index (χ2n) is 1.25. The Kier molecular flexibility index (Phi) is 3.26. The summed E-state index contributed by atoms with van der Waals surface area (Å²) in [6, 6.07) is 0. The summed E-state index contributed by atoms with van der Waals surface area (Å²) in [5.41, 5.74) is 7.81. The van der Waals surface area contributed by atoms with Crippen molar-refractivity contribution in [2.75, 3.05) is 0 Å². The van der Waals surface area contributed by atoms with E-state index in [9.17, 15) is 4.21 Å². The molecule has 0 aliphatic heterocycles. The Morgan fingerprint density at radius 3 is 2.62 bits per heavy atom. The molecule has 0 fully saturated rings. The van der Waals surface area contributed by atoms with Crippen LogP contribution in [0.15, 0.2) is 0 Å². The van der Waals surface area contributed by atoms with Gasteiger partial charge in [0, 0.05) is 0 Å². The van der Waals surface area contributed by atoms with Crippen molar-refractivity contribution in [3.63, 3.8) is 0 Å². The van der Waals surface area contributed by atoms with Gasteiger partial charge >= 0.3 is 0 Å². The average Bonchev–Trinajstić information content (AvgIpc) is 1.67. The molecule has 0 aromatic carbocycles. The van der Waals surface area contributed by atoms with Gasteiger partial charge in [0.15, 0.2) is 16.3 Å². The third-order valence-electron chi connectivity index (χ3n) is 0.595. The fourth-order valence-corrected chi connectivity index (χ4v) is 0.305. The second-order valence-corrected chi connectivity index (χ2v) is 2.54. The Bertz CT molecular complexity index is 138. The second kappa shape index (κ2) is 3.49. The molecule has 0 heterocycles. The van der Waals surface area contributed by atoms with Gasteiger partial charge in [0.25, 0.3) is 6.21 Å². The van der Waals surface area contributed by atoms with Crippen molar-refractivity contribution in [1.29, 1.82) is 0 Å². The molecule has 2 atom stereocenters. The Balaban J connectivity index is 3.82.